The van der Waals surface area contributed by atoms with Crippen LogP contribution in [-0.2, 0) is 23.7 Å². The Morgan fingerprint density at radius 2 is 1.47 bits per heavy atom. The number of nitrogens with zero attached hydrogens (tertiary/aromatic N) is 1. The van der Waals surface area contributed by atoms with Crippen molar-refractivity contribution in [2.24, 2.45) is 5.41 Å². The number of nitrogens with one attached hydrogen (secondary N) is 2. The fourth-order valence-electron chi connectivity index (χ4n) is 3.29. The van der Waals surface area contributed by atoms with Gasteiger partial charge in [-0.05, 0) is 26.2 Å². The first-order valence-electron chi connectivity index (χ1n) is 12.8. The van der Waals surface area contributed by atoms with Crippen LogP contribution in [-0.4, -0.2) is 109 Å². The van der Waals surface area contributed by atoms with E-state index in [1.165, 1.54) is 0 Å². The fourth-order valence-corrected chi connectivity index (χ4v) is 3.29. The van der Waals surface area contributed by atoms with Crippen molar-refractivity contribution in [3.05, 3.63) is 23.9 Å². The van der Waals surface area contributed by atoms with Gasteiger partial charge in [-0.2, -0.15) is 0 Å². The van der Waals surface area contributed by atoms with Gasteiger partial charge in [-0.3, -0.25) is 10.1 Å². The number of rotatable bonds is 18. The number of anilines is 1. The topological polar surface area (TPSA) is 121 Å². The van der Waals surface area contributed by atoms with Crippen LogP contribution in [0.4, 0.5) is 10.5 Å². The average molecular weight is 538 g/mol. The second-order valence-electron chi connectivity index (χ2n) is 9.94. The maximum absolute atomic E-state index is 12.8. The van der Waals surface area contributed by atoms with Crippen molar-refractivity contribution < 1.29 is 38.0 Å². The number of likely N-dealkylation sites (N-methyl/N-ethyl adjacent to an activating group) is 1. The molecule has 0 unspecified atom stereocenters. The van der Waals surface area contributed by atoms with Crippen molar-refractivity contribution in [3.63, 3.8) is 0 Å². The Morgan fingerprint density at radius 3 is 2.05 bits per heavy atom. The van der Waals surface area contributed by atoms with Gasteiger partial charge in [-0.1, -0.05) is 20.8 Å². The highest BCUT2D eigenvalue weighted by Crippen LogP contribution is 2.32. The quantitative estimate of drug-likeness (QED) is 0.217. The number of Topliss-reactive ketones (excluding diaryl/α,β-unsaturated/α-hetero) is 1. The van der Waals surface area contributed by atoms with Gasteiger partial charge in [0.25, 0.3) is 0 Å². The first-order chi connectivity index (χ1) is 18.1. The van der Waals surface area contributed by atoms with E-state index in [0.717, 1.165) is 11.9 Å². The minimum Gasteiger partial charge on any atom is -0.492 e. The van der Waals surface area contributed by atoms with Crippen LogP contribution in [0.3, 0.4) is 0 Å². The van der Waals surface area contributed by atoms with E-state index in [-0.39, 0.29) is 19.0 Å². The zero-order chi connectivity index (χ0) is 28.0. The third kappa shape index (κ3) is 11.4. The Hall–Kier alpha value is -2.70. The lowest BCUT2D eigenvalue weighted by atomic mass is 9.89. The number of fused-ring (bicyclic) bond motifs is 1. The van der Waals surface area contributed by atoms with Crippen molar-refractivity contribution >= 4 is 28.5 Å². The molecular weight excluding hydrogens is 494 g/mol. The van der Waals surface area contributed by atoms with E-state index in [4.69, 9.17) is 28.4 Å². The molecule has 0 saturated heterocycles. The molecule has 1 aromatic carbocycles. The van der Waals surface area contributed by atoms with Gasteiger partial charge in [0.15, 0.2) is 5.78 Å². The van der Waals surface area contributed by atoms with Gasteiger partial charge in [0.05, 0.1) is 63.1 Å². The zero-order valence-electron chi connectivity index (χ0n) is 23.5. The van der Waals surface area contributed by atoms with Gasteiger partial charge >= 0.3 is 6.09 Å². The first kappa shape index (κ1) is 31.5. The molecule has 11 heteroatoms. The predicted molar refractivity (Wildman–Crippen MR) is 145 cm³/mol. The van der Waals surface area contributed by atoms with Crippen LogP contribution in [0.2, 0.25) is 0 Å². The summed E-state index contributed by atoms with van der Waals surface area (Å²) in [4.78, 5) is 30.5. The highest BCUT2D eigenvalue weighted by atomic mass is 16.6. The van der Waals surface area contributed by atoms with Crippen LogP contribution in [0.15, 0.2) is 18.2 Å². The van der Waals surface area contributed by atoms with Gasteiger partial charge in [-0.15, -0.1) is 0 Å². The molecule has 1 aromatic heterocycles. The molecule has 2 N–H and O–H groups in total. The second kappa shape index (κ2) is 16.3. The van der Waals surface area contributed by atoms with Crippen molar-refractivity contribution in [2.45, 2.75) is 20.8 Å². The molecule has 0 aliphatic heterocycles. The Labute approximate surface area is 225 Å². The Bertz CT molecular complexity index is 1000. The summed E-state index contributed by atoms with van der Waals surface area (Å²) in [6, 6.07) is 5.34. The molecule has 0 atom stereocenters. The maximum Gasteiger partial charge on any atom is 0.411 e. The number of ketones is 1. The van der Waals surface area contributed by atoms with Crippen LogP contribution in [0, 0.1) is 5.41 Å². The lowest BCUT2D eigenvalue weighted by molar-refractivity contribution is -0.00176. The highest BCUT2D eigenvalue weighted by Gasteiger charge is 2.25. The van der Waals surface area contributed by atoms with E-state index in [1.54, 1.807) is 19.2 Å². The van der Waals surface area contributed by atoms with Gasteiger partial charge in [0, 0.05) is 30.5 Å². The number of hydrogen-bond acceptors (Lipinski definition) is 9. The van der Waals surface area contributed by atoms with Gasteiger partial charge in [0.1, 0.15) is 19.0 Å². The number of aromatic nitrogens is 1. The van der Waals surface area contributed by atoms with Crippen molar-refractivity contribution in [3.8, 4) is 5.75 Å². The fraction of sp³-hybridized carbons (Fsp3) is 0.630. The minimum atomic E-state index is -0.636. The third-order valence-corrected chi connectivity index (χ3v) is 5.31. The molecule has 0 bridgehead atoms. The molecule has 0 radical (unpaired) electrons. The van der Waals surface area contributed by atoms with E-state index >= 15 is 0 Å². The molecule has 1 amide bonds. The summed E-state index contributed by atoms with van der Waals surface area (Å²) in [7, 11) is 5.55. The summed E-state index contributed by atoms with van der Waals surface area (Å²) in [5.74, 6) is 0.549. The predicted octanol–water partition coefficient (Wildman–Crippen LogP) is 3.58. The lowest BCUT2D eigenvalue weighted by Gasteiger charge is -2.15. The third-order valence-electron chi connectivity index (χ3n) is 5.31. The number of carbonyl (C=O) groups is 2. The van der Waals surface area contributed by atoms with Crippen LogP contribution < -0.4 is 10.1 Å². The standard InChI is InChI=1S/C27H43N3O8/c1-27(2,3)25(31)23-18-20-17-21(37-8-7-30(4)5)19-22(24(20)28-23)29-26(32)38-16-15-36-14-13-35-12-11-34-10-9-33-6/h17-19,28H,7-16H2,1-6H3,(H,29,32). The largest absolute Gasteiger partial charge is 0.492 e. The minimum absolute atomic E-state index is 0.0305. The Balaban J connectivity index is 1.88. The van der Waals surface area contributed by atoms with Gasteiger partial charge in [0.2, 0.25) is 0 Å². The molecule has 38 heavy (non-hydrogen) atoms. The monoisotopic (exact) mass is 537 g/mol. The van der Waals surface area contributed by atoms with E-state index in [1.807, 2.05) is 45.8 Å². The number of hydrogen-bond donors (Lipinski definition) is 2. The van der Waals surface area contributed by atoms with Gasteiger partial charge in [-0.25, -0.2) is 4.79 Å². The number of amides is 1. The average Bonchev–Trinajstić information content (AvgIpc) is 3.28. The number of aromatic amines is 1. The summed E-state index contributed by atoms with van der Waals surface area (Å²) in [5, 5.41) is 3.51. The smallest absolute Gasteiger partial charge is 0.411 e. The van der Waals surface area contributed by atoms with Crippen LogP contribution in [0.25, 0.3) is 10.9 Å². The highest BCUT2D eigenvalue weighted by molar-refractivity contribution is 6.06. The number of methoxy groups -OCH3 is 1. The molecule has 0 spiro atoms. The summed E-state index contributed by atoms with van der Waals surface area (Å²) < 4.78 is 32.2. The SMILES string of the molecule is COCCOCCOCCOCCOC(=O)Nc1cc(OCCN(C)C)cc2cc(C(=O)C(C)(C)C)[nH]c12. The summed E-state index contributed by atoms with van der Waals surface area (Å²) in [6.07, 6.45) is -0.636. The van der Waals surface area contributed by atoms with E-state index < -0.39 is 11.5 Å². The van der Waals surface area contributed by atoms with Crippen molar-refractivity contribution in [2.75, 3.05) is 92.5 Å². The van der Waals surface area contributed by atoms with E-state index in [9.17, 15) is 9.59 Å². The molecule has 0 fully saturated rings. The number of ether oxygens (including phenoxy) is 6. The van der Waals surface area contributed by atoms with E-state index in [0.29, 0.717) is 68.9 Å². The zero-order valence-corrected chi connectivity index (χ0v) is 23.5. The summed E-state index contributed by atoms with van der Waals surface area (Å²) in [6.45, 7) is 9.96. The Kier molecular flexibility index (Phi) is 13.5. The molecule has 11 nitrogen and oxygen atoms in total. The first-order valence-corrected chi connectivity index (χ1v) is 12.8. The molecular formula is C27H43N3O8. The maximum atomic E-state index is 12.8. The number of H-pyrrole nitrogens is 1. The number of benzene rings is 1. The molecule has 214 valence electrons. The molecule has 2 rings (SSSR count). The molecule has 0 aliphatic rings. The normalized spacial score (nSPS) is 11.8. The molecule has 0 saturated carbocycles. The molecule has 1 heterocycles. The van der Waals surface area contributed by atoms with Gasteiger partial charge < -0.3 is 38.3 Å². The molecule has 0 aliphatic carbocycles. The van der Waals surface area contributed by atoms with Crippen LogP contribution in [0.1, 0.15) is 31.3 Å². The summed E-state index contributed by atoms with van der Waals surface area (Å²) >= 11 is 0. The lowest BCUT2D eigenvalue weighted by Crippen LogP contribution is -2.20. The van der Waals surface area contributed by atoms with E-state index in [2.05, 4.69) is 10.3 Å². The summed E-state index contributed by atoms with van der Waals surface area (Å²) in [5.41, 5.74) is 0.990. The van der Waals surface area contributed by atoms with Crippen LogP contribution >= 0.6 is 0 Å². The second-order valence-corrected chi connectivity index (χ2v) is 9.94. The number of carbonyl (C=O) groups excluding carboxylic acids is 2. The van der Waals surface area contributed by atoms with Crippen LogP contribution in [0.5, 0.6) is 5.75 Å². The molecule has 2 aromatic rings. The van der Waals surface area contributed by atoms with Crippen molar-refractivity contribution in [1.82, 2.24) is 9.88 Å². The van der Waals surface area contributed by atoms with Crippen molar-refractivity contribution in [1.29, 1.82) is 0 Å². The Morgan fingerprint density at radius 1 is 0.868 bits per heavy atom.